The summed E-state index contributed by atoms with van der Waals surface area (Å²) < 4.78 is 7.22. The summed E-state index contributed by atoms with van der Waals surface area (Å²) in [6.07, 6.45) is 0. The minimum Gasteiger partial charge on any atom is -0.441 e. The fourth-order valence-electron chi connectivity index (χ4n) is 2.71. The van der Waals surface area contributed by atoms with Crippen LogP contribution in [0.2, 0.25) is 0 Å². The zero-order chi connectivity index (χ0) is 18.8. The third kappa shape index (κ3) is 3.32. The molecule has 134 valence electrons. The van der Waals surface area contributed by atoms with Gasteiger partial charge in [0.05, 0.1) is 0 Å². The molecule has 0 saturated carbocycles. The molecule has 0 unspecified atom stereocenters. The largest absolute Gasteiger partial charge is 0.441 e. The molecule has 0 spiro atoms. The van der Waals surface area contributed by atoms with E-state index in [-0.39, 0.29) is 11.6 Å². The molecule has 0 fully saturated rings. The molecule has 0 aliphatic rings. The van der Waals surface area contributed by atoms with E-state index in [9.17, 15) is 4.79 Å². The Morgan fingerprint density at radius 2 is 1.85 bits per heavy atom. The van der Waals surface area contributed by atoms with Gasteiger partial charge >= 0.3 is 0 Å². The van der Waals surface area contributed by atoms with Crippen molar-refractivity contribution >= 4 is 11.6 Å². The second-order valence-corrected chi connectivity index (χ2v) is 5.95. The van der Waals surface area contributed by atoms with E-state index in [0.717, 1.165) is 11.1 Å². The third-order valence-electron chi connectivity index (χ3n) is 4.03. The predicted molar refractivity (Wildman–Crippen MR) is 98.9 cm³/mol. The highest BCUT2D eigenvalue weighted by Gasteiger charge is 2.18. The van der Waals surface area contributed by atoms with Crippen LogP contribution in [0, 0.1) is 6.92 Å². The summed E-state index contributed by atoms with van der Waals surface area (Å²) in [6.45, 7) is 1.72. The fraction of sp³-hybridized carbons (Fsp3) is 0.105. The molecule has 0 atom stereocenters. The van der Waals surface area contributed by atoms with Gasteiger partial charge in [-0.25, -0.2) is 9.67 Å². The Bertz CT molecular complexity index is 1100. The summed E-state index contributed by atoms with van der Waals surface area (Å²) >= 11 is 0. The summed E-state index contributed by atoms with van der Waals surface area (Å²) in [6, 6.07) is 16.7. The topological polar surface area (TPSA) is 98.7 Å². The van der Waals surface area contributed by atoms with Crippen molar-refractivity contribution in [2.75, 3.05) is 5.32 Å². The first kappa shape index (κ1) is 16.6. The van der Waals surface area contributed by atoms with Gasteiger partial charge in [-0.1, -0.05) is 30.3 Å². The van der Waals surface area contributed by atoms with Crippen molar-refractivity contribution in [3.05, 3.63) is 66.1 Å². The van der Waals surface area contributed by atoms with Gasteiger partial charge in [-0.15, -0.1) is 5.10 Å². The summed E-state index contributed by atoms with van der Waals surface area (Å²) in [5.74, 6) is 1.14. The Balaban J connectivity index is 1.58. The third-order valence-corrected chi connectivity index (χ3v) is 4.03. The second-order valence-electron chi connectivity index (χ2n) is 5.95. The van der Waals surface area contributed by atoms with E-state index in [1.165, 1.54) is 0 Å². The molecule has 8 nitrogen and oxygen atoms in total. The number of rotatable bonds is 4. The Kier molecular flexibility index (Phi) is 4.21. The molecule has 0 aliphatic heterocycles. The van der Waals surface area contributed by atoms with Crippen LogP contribution in [-0.4, -0.2) is 31.1 Å². The Morgan fingerprint density at radius 3 is 2.59 bits per heavy atom. The summed E-state index contributed by atoms with van der Waals surface area (Å²) in [7, 11) is 1.75. The Hall–Kier alpha value is -3.81. The van der Waals surface area contributed by atoms with Crippen molar-refractivity contribution in [1.82, 2.24) is 25.2 Å². The van der Waals surface area contributed by atoms with Gasteiger partial charge in [0.25, 0.3) is 5.91 Å². The second kappa shape index (κ2) is 6.83. The molecular formula is C19H16N6O2. The molecular weight excluding hydrogens is 344 g/mol. The molecule has 0 aliphatic carbocycles. The smallest absolute Gasteiger partial charge is 0.277 e. The summed E-state index contributed by atoms with van der Waals surface area (Å²) in [4.78, 5) is 17.0. The van der Waals surface area contributed by atoms with E-state index in [1.807, 2.05) is 42.5 Å². The van der Waals surface area contributed by atoms with Gasteiger partial charge in [0, 0.05) is 23.9 Å². The number of aromatic nitrogens is 5. The summed E-state index contributed by atoms with van der Waals surface area (Å²) in [5.41, 5.74) is 2.47. The van der Waals surface area contributed by atoms with Crippen molar-refractivity contribution in [2.24, 2.45) is 7.05 Å². The first-order valence-electron chi connectivity index (χ1n) is 8.29. The number of aryl methyl sites for hydroxylation is 2. The SMILES string of the molecule is Cc1oc(-c2ccccc2)nc1C(=O)Nc1cccc(-c2nnnn2C)c1. The molecule has 2 aromatic heterocycles. The maximum absolute atomic E-state index is 12.7. The highest BCUT2D eigenvalue weighted by molar-refractivity contribution is 6.04. The highest BCUT2D eigenvalue weighted by Crippen LogP contribution is 2.23. The van der Waals surface area contributed by atoms with Crippen LogP contribution in [0.5, 0.6) is 0 Å². The van der Waals surface area contributed by atoms with Crippen LogP contribution < -0.4 is 5.32 Å². The predicted octanol–water partition coefficient (Wildman–Crippen LogP) is 3.09. The number of hydrogen-bond acceptors (Lipinski definition) is 6. The van der Waals surface area contributed by atoms with Crippen molar-refractivity contribution in [3.8, 4) is 22.8 Å². The Morgan fingerprint density at radius 1 is 1.07 bits per heavy atom. The van der Waals surface area contributed by atoms with Crippen molar-refractivity contribution in [3.63, 3.8) is 0 Å². The first-order valence-corrected chi connectivity index (χ1v) is 8.29. The highest BCUT2D eigenvalue weighted by atomic mass is 16.4. The molecule has 0 saturated heterocycles. The van der Waals surface area contributed by atoms with Crippen LogP contribution in [0.1, 0.15) is 16.2 Å². The zero-order valence-electron chi connectivity index (χ0n) is 14.7. The van der Waals surface area contributed by atoms with Crippen LogP contribution in [0.15, 0.2) is 59.0 Å². The minimum atomic E-state index is -0.341. The molecule has 27 heavy (non-hydrogen) atoms. The van der Waals surface area contributed by atoms with E-state index in [4.69, 9.17) is 4.42 Å². The number of amides is 1. The number of carbonyl (C=O) groups excluding carboxylic acids is 1. The van der Waals surface area contributed by atoms with E-state index in [1.54, 1.807) is 30.8 Å². The first-order chi connectivity index (χ1) is 13.1. The van der Waals surface area contributed by atoms with Crippen LogP contribution in [0.3, 0.4) is 0 Å². The number of carbonyl (C=O) groups is 1. The van der Waals surface area contributed by atoms with Crippen molar-refractivity contribution in [1.29, 1.82) is 0 Å². The van der Waals surface area contributed by atoms with Crippen molar-refractivity contribution in [2.45, 2.75) is 6.92 Å². The quantitative estimate of drug-likeness (QED) is 0.600. The maximum atomic E-state index is 12.7. The van der Waals surface area contributed by atoms with E-state index in [2.05, 4.69) is 25.8 Å². The number of tetrazole rings is 1. The van der Waals surface area contributed by atoms with Crippen molar-refractivity contribution < 1.29 is 9.21 Å². The standard InChI is InChI=1S/C19H16N6O2/c1-12-16(21-19(27-12)13-7-4-3-5-8-13)18(26)20-15-10-6-9-14(11-15)17-22-23-24-25(17)2/h3-11H,1-2H3,(H,20,26). The number of anilines is 1. The average Bonchev–Trinajstić information content (AvgIpc) is 3.28. The normalized spacial score (nSPS) is 10.7. The van der Waals surface area contributed by atoms with Gasteiger partial charge in [0.1, 0.15) is 5.76 Å². The van der Waals surface area contributed by atoms with Gasteiger partial charge in [-0.2, -0.15) is 0 Å². The van der Waals surface area contributed by atoms with Gasteiger partial charge in [-0.3, -0.25) is 4.79 Å². The van der Waals surface area contributed by atoms with E-state index < -0.39 is 0 Å². The molecule has 4 aromatic rings. The lowest BCUT2D eigenvalue weighted by molar-refractivity contribution is 0.102. The van der Waals surface area contributed by atoms with Crippen LogP contribution in [-0.2, 0) is 7.05 Å². The molecule has 2 aromatic carbocycles. The van der Waals surface area contributed by atoms with E-state index >= 15 is 0 Å². The number of nitrogens with one attached hydrogen (secondary N) is 1. The lowest BCUT2D eigenvalue weighted by Gasteiger charge is -2.05. The monoisotopic (exact) mass is 360 g/mol. The Labute approximate surface area is 154 Å². The van der Waals surface area contributed by atoms with Crippen LogP contribution >= 0.6 is 0 Å². The lowest BCUT2D eigenvalue weighted by atomic mass is 10.2. The minimum absolute atomic E-state index is 0.250. The van der Waals surface area contributed by atoms with Gasteiger partial charge in [0.15, 0.2) is 11.5 Å². The molecule has 1 amide bonds. The van der Waals surface area contributed by atoms with Gasteiger partial charge in [-0.05, 0) is 41.6 Å². The number of oxazole rings is 1. The lowest BCUT2D eigenvalue weighted by Crippen LogP contribution is -2.13. The zero-order valence-corrected chi connectivity index (χ0v) is 14.7. The molecule has 1 N–H and O–H groups in total. The number of benzene rings is 2. The van der Waals surface area contributed by atoms with Gasteiger partial charge < -0.3 is 9.73 Å². The van der Waals surface area contributed by atoms with Crippen LogP contribution in [0.4, 0.5) is 5.69 Å². The van der Waals surface area contributed by atoms with Gasteiger partial charge in [0.2, 0.25) is 5.89 Å². The summed E-state index contributed by atoms with van der Waals surface area (Å²) in [5, 5.41) is 14.3. The van der Waals surface area contributed by atoms with E-state index in [0.29, 0.717) is 23.2 Å². The average molecular weight is 360 g/mol. The molecule has 0 bridgehead atoms. The fourth-order valence-corrected chi connectivity index (χ4v) is 2.71. The maximum Gasteiger partial charge on any atom is 0.277 e. The molecule has 8 heteroatoms. The number of hydrogen-bond donors (Lipinski definition) is 1. The van der Waals surface area contributed by atoms with Crippen LogP contribution in [0.25, 0.3) is 22.8 Å². The molecule has 2 heterocycles. The molecule has 0 radical (unpaired) electrons. The number of nitrogens with zero attached hydrogens (tertiary/aromatic N) is 5. The molecule has 4 rings (SSSR count).